The average molecular weight is 295 g/mol. The largest absolute Gasteiger partial charge is 0.483 e. The van der Waals surface area contributed by atoms with Crippen LogP contribution in [0.4, 0.5) is 0 Å². The second kappa shape index (κ2) is 5.13. The molecule has 6 nitrogen and oxygen atoms in total. The van der Waals surface area contributed by atoms with Gasteiger partial charge < -0.3 is 14.4 Å². The Bertz CT molecular complexity index is 652. The summed E-state index contributed by atoms with van der Waals surface area (Å²) in [4.78, 5) is 15.3. The Hall–Kier alpha value is -2.08. The van der Waals surface area contributed by atoms with E-state index in [-0.39, 0.29) is 22.9 Å². The molecule has 1 fully saturated rings. The number of rotatable bonds is 5. The molecule has 0 atom stereocenters. The molecular weight excluding hydrogens is 284 g/mol. The summed E-state index contributed by atoms with van der Waals surface area (Å²) in [5.74, 6) is 0.440. The minimum Gasteiger partial charge on any atom is -0.483 e. The molecule has 0 saturated heterocycles. The van der Waals surface area contributed by atoms with E-state index in [9.17, 15) is 4.79 Å². The van der Waals surface area contributed by atoms with Crippen molar-refractivity contribution in [3.05, 3.63) is 40.5 Å². The lowest BCUT2D eigenvalue weighted by molar-refractivity contribution is 0.0691. The number of carboxylic acid groups (broad SMARTS) is 1. The molecule has 1 aromatic heterocycles. The van der Waals surface area contributed by atoms with E-state index < -0.39 is 5.97 Å². The number of nitrogens with zero attached hydrogens (tertiary/aromatic N) is 2. The quantitative estimate of drug-likeness (QED) is 0.912. The molecular formula is C13H11ClN2O4. The van der Waals surface area contributed by atoms with E-state index in [2.05, 4.69) is 10.1 Å². The summed E-state index contributed by atoms with van der Waals surface area (Å²) in [5.41, 5.74) is -0.0731. The van der Waals surface area contributed by atoms with Gasteiger partial charge in [-0.05, 0) is 25.0 Å². The van der Waals surface area contributed by atoms with Crippen LogP contribution in [-0.4, -0.2) is 21.2 Å². The summed E-state index contributed by atoms with van der Waals surface area (Å²) in [6.07, 6.45) is 2.16. The molecule has 7 heteroatoms. The van der Waals surface area contributed by atoms with Crippen molar-refractivity contribution in [2.45, 2.75) is 25.4 Å². The molecule has 1 aliphatic carbocycles. The molecule has 104 valence electrons. The van der Waals surface area contributed by atoms with Crippen molar-refractivity contribution in [3.8, 4) is 5.75 Å². The second-order valence-electron chi connectivity index (χ2n) is 4.53. The van der Waals surface area contributed by atoms with Gasteiger partial charge >= 0.3 is 5.97 Å². The summed E-state index contributed by atoms with van der Waals surface area (Å²) in [7, 11) is 0. The van der Waals surface area contributed by atoms with Crippen LogP contribution in [0.5, 0.6) is 5.75 Å². The van der Waals surface area contributed by atoms with Gasteiger partial charge in [0.25, 0.3) is 5.89 Å². The number of hydrogen-bond donors (Lipinski definition) is 1. The number of ether oxygens (including phenoxy) is 1. The molecule has 1 aromatic carbocycles. The van der Waals surface area contributed by atoms with Crippen LogP contribution in [0.2, 0.25) is 5.02 Å². The number of hydrogen-bond acceptors (Lipinski definition) is 5. The standard InChI is InChI=1S/C13H11ClN2O4/c14-8-2-1-3-9(11(8)13(17)18)19-6-10-15-12(16-20-10)7-4-5-7/h1-3,7H,4-6H2,(H,17,18). The van der Waals surface area contributed by atoms with Gasteiger partial charge in [0.1, 0.15) is 11.3 Å². The Labute approximate surface area is 119 Å². The van der Waals surface area contributed by atoms with Crippen LogP contribution in [0.3, 0.4) is 0 Å². The van der Waals surface area contributed by atoms with Crippen LogP contribution in [0.15, 0.2) is 22.7 Å². The molecule has 1 N–H and O–H groups in total. The van der Waals surface area contributed by atoms with Crippen molar-refractivity contribution in [2.24, 2.45) is 0 Å². The summed E-state index contributed by atoms with van der Waals surface area (Å²) in [6, 6.07) is 4.65. The molecule has 0 unspecified atom stereocenters. The predicted molar refractivity (Wildman–Crippen MR) is 69.0 cm³/mol. The maximum Gasteiger partial charge on any atom is 0.341 e. The molecule has 0 radical (unpaired) electrons. The number of carbonyl (C=O) groups is 1. The lowest BCUT2D eigenvalue weighted by Crippen LogP contribution is -2.04. The van der Waals surface area contributed by atoms with Crippen LogP contribution in [0, 0.1) is 0 Å². The van der Waals surface area contributed by atoms with Gasteiger partial charge in [-0.2, -0.15) is 4.98 Å². The lowest BCUT2D eigenvalue weighted by Gasteiger charge is -2.07. The van der Waals surface area contributed by atoms with Gasteiger partial charge in [-0.25, -0.2) is 4.79 Å². The van der Waals surface area contributed by atoms with E-state index in [0.717, 1.165) is 12.8 Å². The highest BCUT2D eigenvalue weighted by Gasteiger charge is 2.28. The summed E-state index contributed by atoms with van der Waals surface area (Å²) >= 11 is 5.85. The zero-order chi connectivity index (χ0) is 14.1. The van der Waals surface area contributed by atoms with Gasteiger partial charge in [0, 0.05) is 5.92 Å². The first-order valence-corrected chi connectivity index (χ1v) is 6.50. The Morgan fingerprint density at radius 2 is 2.30 bits per heavy atom. The number of benzene rings is 1. The summed E-state index contributed by atoms with van der Waals surface area (Å²) in [6.45, 7) is 0.0142. The monoisotopic (exact) mass is 294 g/mol. The Morgan fingerprint density at radius 1 is 1.50 bits per heavy atom. The third-order valence-electron chi connectivity index (χ3n) is 2.97. The highest BCUT2D eigenvalue weighted by atomic mass is 35.5. The normalized spacial score (nSPS) is 14.2. The smallest absolute Gasteiger partial charge is 0.341 e. The van der Waals surface area contributed by atoms with Gasteiger partial charge in [-0.3, -0.25) is 0 Å². The molecule has 1 saturated carbocycles. The van der Waals surface area contributed by atoms with Crippen molar-refractivity contribution < 1.29 is 19.2 Å². The van der Waals surface area contributed by atoms with Gasteiger partial charge in [0.15, 0.2) is 12.4 Å². The third kappa shape index (κ3) is 2.60. The molecule has 1 aliphatic rings. The number of aromatic carboxylic acids is 1. The molecule has 20 heavy (non-hydrogen) atoms. The zero-order valence-electron chi connectivity index (χ0n) is 10.4. The highest BCUT2D eigenvalue weighted by Crippen LogP contribution is 2.38. The Morgan fingerprint density at radius 3 is 3.00 bits per heavy atom. The summed E-state index contributed by atoms with van der Waals surface area (Å²) < 4.78 is 10.5. The molecule has 0 amide bonds. The van der Waals surface area contributed by atoms with Gasteiger partial charge in [-0.1, -0.05) is 22.8 Å². The van der Waals surface area contributed by atoms with Crippen molar-refractivity contribution in [2.75, 3.05) is 0 Å². The van der Waals surface area contributed by atoms with Crippen molar-refractivity contribution in [1.82, 2.24) is 10.1 Å². The molecule has 1 heterocycles. The number of halogens is 1. The van der Waals surface area contributed by atoms with Gasteiger partial charge in [-0.15, -0.1) is 0 Å². The fourth-order valence-electron chi connectivity index (χ4n) is 1.81. The average Bonchev–Trinajstić information content (AvgIpc) is 3.15. The number of aromatic nitrogens is 2. The number of carboxylic acids is 1. The predicted octanol–water partition coefficient (Wildman–Crippen LogP) is 2.88. The molecule has 2 aromatic rings. The van der Waals surface area contributed by atoms with Gasteiger partial charge in [0.05, 0.1) is 5.02 Å². The third-order valence-corrected chi connectivity index (χ3v) is 3.28. The van der Waals surface area contributed by atoms with Crippen molar-refractivity contribution in [3.63, 3.8) is 0 Å². The molecule has 0 bridgehead atoms. The first-order chi connectivity index (χ1) is 9.65. The maximum atomic E-state index is 11.1. The summed E-state index contributed by atoms with van der Waals surface area (Å²) in [5, 5.41) is 13.1. The van der Waals surface area contributed by atoms with E-state index in [1.165, 1.54) is 12.1 Å². The van der Waals surface area contributed by atoms with E-state index in [1.807, 2.05) is 0 Å². The van der Waals surface area contributed by atoms with Crippen LogP contribution in [0.1, 0.15) is 40.8 Å². The Balaban J connectivity index is 1.74. The molecule has 0 spiro atoms. The van der Waals surface area contributed by atoms with E-state index >= 15 is 0 Å². The second-order valence-corrected chi connectivity index (χ2v) is 4.93. The first kappa shape index (κ1) is 12.9. The van der Waals surface area contributed by atoms with Crippen LogP contribution >= 0.6 is 11.6 Å². The van der Waals surface area contributed by atoms with E-state index in [4.69, 9.17) is 26.0 Å². The molecule has 3 rings (SSSR count). The van der Waals surface area contributed by atoms with Crippen LogP contribution in [-0.2, 0) is 6.61 Å². The minimum atomic E-state index is -1.14. The van der Waals surface area contributed by atoms with Gasteiger partial charge in [0.2, 0.25) is 0 Å². The lowest BCUT2D eigenvalue weighted by atomic mass is 10.2. The van der Waals surface area contributed by atoms with Crippen LogP contribution in [0.25, 0.3) is 0 Å². The van der Waals surface area contributed by atoms with Crippen molar-refractivity contribution in [1.29, 1.82) is 0 Å². The van der Waals surface area contributed by atoms with E-state index in [0.29, 0.717) is 17.6 Å². The SMILES string of the molecule is O=C(O)c1c(Cl)cccc1OCc1nc(C2CC2)no1. The van der Waals surface area contributed by atoms with Crippen molar-refractivity contribution >= 4 is 17.6 Å². The molecule has 0 aliphatic heterocycles. The Kier molecular flexibility index (Phi) is 3.31. The van der Waals surface area contributed by atoms with Crippen LogP contribution < -0.4 is 4.74 Å². The maximum absolute atomic E-state index is 11.1. The first-order valence-electron chi connectivity index (χ1n) is 6.12. The topological polar surface area (TPSA) is 85.5 Å². The minimum absolute atomic E-state index is 0.0142. The fraction of sp³-hybridized carbons (Fsp3) is 0.308. The van der Waals surface area contributed by atoms with E-state index in [1.54, 1.807) is 6.07 Å². The zero-order valence-corrected chi connectivity index (χ0v) is 11.1. The highest BCUT2D eigenvalue weighted by molar-refractivity contribution is 6.33. The fourth-order valence-corrected chi connectivity index (χ4v) is 2.05.